The first-order chi connectivity index (χ1) is 11.6. The van der Waals surface area contributed by atoms with Gasteiger partial charge in [-0.3, -0.25) is 4.79 Å². The molecule has 2 fully saturated rings. The number of carboxylic acids is 1. The molecule has 8 heteroatoms. The Balaban J connectivity index is 0.00000182. The molecule has 4 rings (SSSR count). The van der Waals surface area contributed by atoms with Gasteiger partial charge in [-0.25, -0.2) is 9.18 Å². The van der Waals surface area contributed by atoms with Crippen LogP contribution in [-0.2, 0) is 0 Å². The Morgan fingerprint density at radius 1 is 1.24 bits per heavy atom. The maximum absolute atomic E-state index is 14.6. The molecule has 2 heterocycles. The van der Waals surface area contributed by atoms with Crippen molar-refractivity contribution in [1.82, 2.24) is 9.88 Å². The summed E-state index contributed by atoms with van der Waals surface area (Å²) in [5.41, 5.74) is 0.159. The maximum atomic E-state index is 14.6. The van der Waals surface area contributed by atoms with Crippen molar-refractivity contribution in [3.05, 3.63) is 39.9 Å². The van der Waals surface area contributed by atoms with Gasteiger partial charge in [0.05, 0.1) is 11.2 Å². The second-order valence-corrected chi connectivity index (χ2v) is 6.37. The van der Waals surface area contributed by atoms with Gasteiger partial charge in [0.25, 0.3) is 0 Å². The van der Waals surface area contributed by atoms with Gasteiger partial charge in [0.15, 0.2) is 0 Å². The molecule has 1 saturated heterocycles. The van der Waals surface area contributed by atoms with E-state index < -0.39 is 17.2 Å². The van der Waals surface area contributed by atoms with Crippen LogP contribution in [0.25, 0.3) is 10.9 Å². The Labute approximate surface area is 173 Å². The van der Waals surface area contributed by atoms with Crippen LogP contribution in [-0.4, -0.2) is 79.6 Å². The quantitative estimate of drug-likeness (QED) is 0.774. The summed E-state index contributed by atoms with van der Waals surface area (Å²) in [4.78, 5) is 25.7. The third-order valence-corrected chi connectivity index (χ3v) is 4.73. The topological polar surface area (TPSA) is 74.6 Å². The number of aromatic carboxylic acids is 1. The van der Waals surface area contributed by atoms with Crippen molar-refractivity contribution in [3.63, 3.8) is 0 Å². The van der Waals surface area contributed by atoms with Crippen molar-refractivity contribution in [3.8, 4) is 0 Å². The number of pyridine rings is 1. The van der Waals surface area contributed by atoms with Crippen molar-refractivity contribution in [2.24, 2.45) is 0 Å². The van der Waals surface area contributed by atoms with E-state index in [0.717, 1.165) is 25.9 Å². The molecule has 2 aromatic rings. The zero-order chi connectivity index (χ0) is 16.8. The molecule has 1 saturated carbocycles. The predicted octanol–water partition coefficient (Wildman–Crippen LogP) is 0.667. The van der Waals surface area contributed by atoms with Crippen LogP contribution in [0.4, 0.5) is 10.1 Å². The fourth-order valence-corrected chi connectivity index (χ4v) is 3.31. The Kier molecular flexibility index (Phi) is 5.39. The zero-order valence-electron chi connectivity index (χ0n) is 13.1. The van der Waals surface area contributed by atoms with Gasteiger partial charge in [0, 0.05) is 43.8 Å². The van der Waals surface area contributed by atoms with Crippen LogP contribution in [0.2, 0.25) is 0 Å². The Morgan fingerprint density at radius 3 is 2.52 bits per heavy atom. The summed E-state index contributed by atoms with van der Waals surface area (Å²) in [5.74, 6) is -1.76. The van der Waals surface area contributed by atoms with Crippen LogP contribution in [0, 0.1) is 5.82 Å². The van der Waals surface area contributed by atoms with E-state index in [0.29, 0.717) is 24.3 Å². The van der Waals surface area contributed by atoms with E-state index >= 15 is 0 Å². The van der Waals surface area contributed by atoms with Crippen LogP contribution >= 0.6 is 0 Å². The summed E-state index contributed by atoms with van der Waals surface area (Å²) in [5, 5.41) is 12.6. The number of benzene rings is 1. The molecule has 0 radical (unpaired) electrons. The first kappa shape index (κ1) is 18.6. The second kappa shape index (κ2) is 7.23. The van der Waals surface area contributed by atoms with Crippen LogP contribution in [0.5, 0.6) is 0 Å². The molecule has 25 heavy (non-hydrogen) atoms. The van der Waals surface area contributed by atoms with E-state index in [1.165, 1.54) is 12.3 Å². The van der Waals surface area contributed by atoms with Crippen LogP contribution in [0.1, 0.15) is 29.2 Å². The Bertz CT molecular complexity index is 889. The monoisotopic (exact) mass is 373 g/mol. The van der Waals surface area contributed by atoms with Gasteiger partial charge in [-0.05, 0) is 25.0 Å². The first-order valence-electron chi connectivity index (χ1n) is 8.13. The number of hydrogen-bond donors (Lipinski definition) is 2. The number of aromatic nitrogens is 1. The average molecular weight is 373 g/mol. The number of carbonyl (C=O) groups is 1. The van der Waals surface area contributed by atoms with Crippen LogP contribution in [0.3, 0.4) is 0 Å². The van der Waals surface area contributed by atoms with Gasteiger partial charge >= 0.3 is 43.7 Å². The van der Waals surface area contributed by atoms with Crippen molar-refractivity contribution in [2.75, 3.05) is 31.1 Å². The van der Waals surface area contributed by atoms with Crippen LogP contribution < -0.4 is 15.6 Å². The van der Waals surface area contributed by atoms with E-state index in [9.17, 15) is 19.1 Å². The molecule has 130 valence electrons. The molecule has 2 N–H and O–H groups in total. The molecule has 0 unspecified atom stereocenters. The molecule has 1 aromatic heterocycles. The average Bonchev–Trinajstić information content (AvgIpc) is 3.40. The van der Waals surface area contributed by atoms with Gasteiger partial charge < -0.3 is 19.9 Å². The molecular formula is C17H20CaFN3O3. The number of nitrogens with one attached hydrogen (secondary N) is 1. The molecule has 0 amide bonds. The number of hydrogen-bond acceptors (Lipinski definition) is 4. The second-order valence-electron chi connectivity index (χ2n) is 6.37. The van der Waals surface area contributed by atoms with E-state index in [4.69, 9.17) is 0 Å². The van der Waals surface area contributed by atoms with E-state index in [-0.39, 0.29) is 54.7 Å². The standard InChI is InChI=1S/C17H18FN3O3.Ca.2H/c18-13-7-11-14(8-15(13)20-5-3-19-4-6-20)21(10-1-2-10)9-12(16(11)22)17(23)24;;;/h7-10,19H,1-6H2,(H,23,24);;;. The number of carboxylic acid groups (broad SMARTS) is 1. The zero-order valence-corrected chi connectivity index (χ0v) is 13.1. The molecule has 0 bridgehead atoms. The Morgan fingerprint density at radius 2 is 1.92 bits per heavy atom. The third-order valence-electron chi connectivity index (χ3n) is 4.73. The number of fused-ring (bicyclic) bond motifs is 1. The number of anilines is 1. The molecule has 2 aliphatic rings. The summed E-state index contributed by atoms with van der Waals surface area (Å²) < 4.78 is 16.4. The van der Waals surface area contributed by atoms with E-state index in [1.807, 2.05) is 9.47 Å². The minimum atomic E-state index is -1.28. The van der Waals surface area contributed by atoms with Gasteiger partial charge in [-0.1, -0.05) is 0 Å². The molecular weight excluding hydrogens is 353 g/mol. The fraction of sp³-hybridized carbons (Fsp3) is 0.412. The summed E-state index contributed by atoms with van der Waals surface area (Å²) in [6.07, 6.45) is 3.29. The predicted molar refractivity (Wildman–Crippen MR) is 97.0 cm³/mol. The summed E-state index contributed by atoms with van der Waals surface area (Å²) in [7, 11) is 0. The Hall–Kier alpha value is -1.15. The summed E-state index contributed by atoms with van der Waals surface area (Å²) in [6.45, 7) is 2.96. The minimum absolute atomic E-state index is 0. The van der Waals surface area contributed by atoms with Crippen molar-refractivity contribution in [2.45, 2.75) is 18.9 Å². The number of piperazine rings is 1. The number of rotatable bonds is 3. The summed E-state index contributed by atoms with van der Waals surface area (Å²) in [6, 6.07) is 3.08. The van der Waals surface area contributed by atoms with Gasteiger partial charge in [0.2, 0.25) is 5.43 Å². The van der Waals surface area contributed by atoms with Gasteiger partial charge in [-0.15, -0.1) is 0 Å². The SMILES string of the molecule is O=C(O)c1cn(C2CC2)c2cc(N3CCNCC3)c(F)cc2c1=O.[CaH2]. The molecule has 1 aliphatic heterocycles. The number of nitrogens with zero attached hydrogens (tertiary/aromatic N) is 2. The van der Waals surface area contributed by atoms with Gasteiger partial charge in [0.1, 0.15) is 11.4 Å². The normalized spacial score (nSPS) is 17.4. The molecule has 1 aromatic carbocycles. The molecule has 0 atom stereocenters. The first-order valence-corrected chi connectivity index (χ1v) is 8.13. The fourth-order valence-electron chi connectivity index (χ4n) is 3.31. The van der Waals surface area contributed by atoms with E-state index in [1.54, 1.807) is 6.07 Å². The number of halogens is 1. The van der Waals surface area contributed by atoms with Crippen molar-refractivity contribution in [1.29, 1.82) is 0 Å². The van der Waals surface area contributed by atoms with Crippen molar-refractivity contribution < 1.29 is 14.3 Å². The van der Waals surface area contributed by atoms with Crippen LogP contribution in [0.15, 0.2) is 23.1 Å². The molecule has 1 aliphatic carbocycles. The molecule has 6 nitrogen and oxygen atoms in total. The third kappa shape index (κ3) is 3.43. The van der Waals surface area contributed by atoms with Gasteiger partial charge in [-0.2, -0.15) is 0 Å². The van der Waals surface area contributed by atoms with Crippen molar-refractivity contribution >= 4 is 60.3 Å². The summed E-state index contributed by atoms with van der Waals surface area (Å²) >= 11 is 0. The molecule has 0 spiro atoms. The van der Waals surface area contributed by atoms with E-state index in [2.05, 4.69) is 5.32 Å².